The molecule has 0 bridgehead atoms. The van der Waals surface area contributed by atoms with Gasteiger partial charge in [-0.3, -0.25) is 9.97 Å². The summed E-state index contributed by atoms with van der Waals surface area (Å²) in [5.41, 5.74) is 6.13. The van der Waals surface area contributed by atoms with Crippen LogP contribution in [0.4, 0.5) is 13.2 Å². The third-order valence-corrected chi connectivity index (χ3v) is 5.65. The van der Waals surface area contributed by atoms with Gasteiger partial charge in [-0.15, -0.1) is 0 Å². The summed E-state index contributed by atoms with van der Waals surface area (Å²) in [6.07, 6.45) is 0.958. The summed E-state index contributed by atoms with van der Waals surface area (Å²) in [6, 6.07) is 23.9. The fourth-order valence-electron chi connectivity index (χ4n) is 3.97. The number of rotatable bonds is 3. The fourth-order valence-corrected chi connectivity index (χ4v) is 3.97. The Morgan fingerprint density at radius 2 is 1.24 bits per heavy atom. The van der Waals surface area contributed by atoms with Crippen molar-refractivity contribution >= 4 is 10.9 Å². The first-order chi connectivity index (χ1) is 15.9. The first kappa shape index (κ1) is 20.9. The number of nitrogens with zero attached hydrogens (tertiary/aromatic N) is 2. The minimum Gasteiger partial charge on any atom is -0.265 e. The zero-order valence-electron chi connectivity index (χ0n) is 17.8. The maximum absolute atomic E-state index is 13.2. The van der Waals surface area contributed by atoms with Crippen molar-refractivity contribution in [3.8, 4) is 33.4 Å². The minimum atomic E-state index is -4.38. The van der Waals surface area contributed by atoms with Gasteiger partial charge in [0.2, 0.25) is 0 Å². The number of hydrogen-bond donors (Lipinski definition) is 0. The lowest BCUT2D eigenvalue weighted by atomic mass is 9.97. The molecule has 0 saturated heterocycles. The second-order valence-corrected chi connectivity index (χ2v) is 8.03. The average molecular weight is 440 g/mol. The monoisotopic (exact) mass is 440 g/mol. The maximum Gasteiger partial charge on any atom is 0.416 e. The Kier molecular flexibility index (Phi) is 5.17. The summed E-state index contributed by atoms with van der Waals surface area (Å²) >= 11 is 0. The molecule has 0 radical (unpaired) electrons. The van der Waals surface area contributed by atoms with E-state index in [4.69, 9.17) is 0 Å². The molecule has 0 spiro atoms. The van der Waals surface area contributed by atoms with Gasteiger partial charge >= 0.3 is 6.18 Å². The molecule has 162 valence electrons. The van der Waals surface area contributed by atoms with E-state index in [9.17, 15) is 13.2 Å². The first-order valence-electron chi connectivity index (χ1n) is 10.5. The lowest BCUT2D eigenvalue weighted by Gasteiger charge is -2.12. The fraction of sp³-hybridized carbons (Fsp3) is 0.0714. The van der Waals surface area contributed by atoms with Crippen molar-refractivity contribution in [2.24, 2.45) is 0 Å². The molecule has 0 aliphatic carbocycles. The van der Waals surface area contributed by atoms with Crippen molar-refractivity contribution in [2.75, 3.05) is 0 Å². The van der Waals surface area contributed by atoms with Crippen molar-refractivity contribution in [3.05, 3.63) is 109 Å². The van der Waals surface area contributed by atoms with Gasteiger partial charge in [-0.25, -0.2) is 0 Å². The molecule has 5 heteroatoms. The Hall–Kier alpha value is -3.99. The van der Waals surface area contributed by atoms with Crippen LogP contribution in [-0.2, 0) is 6.18 Å². The third-order valence-electron chi connectivity index (χ3n) is 5.65. The van der Waals surface area contributed by atoms with Crippen molar-refractivity contribution in [1.29, 1.82) is 0 Å². The van der Waals surface area contributed by atoms with Gasteiger partial charge in [0.1, 0.15) is 0 Å². The zero-order valence-corrected chi connectivity index (χ0v) is 17.8. The molecule has 0 aliphatic rings. The molecule has 0 amide bonds. The van der Waals surface area contributed by atoms with E-state index in [1.54, 1.807) is 31.6 Å². The van der Waals surface area contributed by atoms with E-state index in [0.29, 0.717) is 16.7 Å². The molecule has 0 fully saturated rings. The van der Waals surface area contributed by atoms with E-state index in [0.717, 1.165) is 39.2 Å². The summed E-state index contributed by atoms with van der Waals surface area (Å²) in [4.78, 5) is 8.64. The second-order valence-electron chi connectivity index (χ2n) is 8.03. The van der Waals surface area contributed by atoms with Crippen LogP contribution in [0.3, 0.4) is 0 Å². The second kappa shape index (κ2) is 8.17. The van der Waals surface area contributed by atoms with E-state index in [1.807, 2.05) is 36.4 Å². The quantitative estimate of drug-likeness (QED) is 0.284. The van der Waals surface area contributed by atoms with E-state index in [-0.39, 0.29) is 0 Å². The number of hydrogen-bond acceptors (Lipinski definition) is 2. The van der Waals surface area contributed by atoms with E-state index in [1.165, 1.54) is 6.07 Å². The van der Waals surface area contributed by atoms with Crippen LogP contribution in [0, 0.1) is 6.92 Å². The average Bonchev–Trinajstić information content (AvgIpc) is 2.83. The molecule has 33 heavy (non-hydrogen) atoms. The molecule has 0 unspecified atom stereocenters. The summed E-state index contributed by atoms with van der Waals surface area (Å²) in [6.45, 7) is 1.67. The van der Waals surface area contributed by atoms with Gasteiger partial charge in [-0.05, 0) is 76.7 Å². The molecule has 2 heterocycles. The van der Waals surface area contributed by atoms with Crippen LogP contribution in [0.25, 0.3) is 44.3 Å². The molecule has 0 aliphatic heterocycles. The van der Waals surface area contributed by atoms with Gasteiger partial charge < -0.3 is 0 Å². The highest BCUT2D eigenvalue weighted by Gasteiger charge is 2.31. The Balaban J connectivity index is 1.47. The highest BCUT2D eigenvalue weighted by atomic mass is 19.4. The largest absolute Gasteiger partial charge is 0.416 e. The van der Waals surface area contributed by atoms with Crippen LogP contribution < -0.4 is 0 Å². The zero-order chi connectivity index (χ0) is 23.0. The van der Waals surface area contributed by atoms with Gasteiger partial charge in [-0.2, -0.15) is 13.2 Å². The predicted octanol–water partition coefficient (Wildman–Crippen LogP) is 7.96. The number of fused-ring (bicyclic) bond motifs is 1. The number of pyridine rings is 2. The molecule has 0 atom stereocenters. The Labute approximate surface area is 189 Å². The van der Waals surface area contributed by atoms with Crippen molar-refractivity contribution < 1.29 is 13.2 Å². The van der Waals surface area contributed by atoms with Crippen LogP contribution >= 0.6 is 0 Å². The number of benzene rings is 3. The normalized spacial score (nSPS) is 11.6. The minimum absolute atomic E-state index is 0.529. The number of halogens is 3. The Bertz CT molecular complexity index is 1440. The van der Waals surface area contributed by atoms with Gasteiger partial charge in [0.15, 0.2) is 0 Å². The standard InChI is InChI=1S/C28H19F3N2/c1-18-12-24(15-26(13-18)28(29,30)31)22-6-7-23-14-25(17-33-27(23)16-22)20-4-2-19(3-5-20)21-8-10-32-11-9-21/h2-17H,1H3. The third kappa shape index (κ3) is 4.35. The topological polar surface area (TPSA) is 25.8 Å². The van der Waals surface area contributed by atoms with Gasteiger partial charge in [0, 0.05) is 29.5 Å². The molecule has 3 aromatic carbocycles. The summed E-state index contributed by atoms with van der Waals surface area (Å²) in [5.74, 6) is 0. The molecule has 0 saturated carbocycles. The summed E-state index contributed by atoms with van der Waals surface area (Å²) < 4.78 is 39.7. The number of aromatic nitrogens is 2. The first-order valence-corrected chi connectivity index (χ1v) is 10.5. The van der Waals surface area contributed by atoms with Crippen LogP contribution in [0.2, 0.25) is 0 Å². The Morgan fingerprint density at radius 3 is 1.94 bits per heavy atom. The van der Waals surface area contributed by atoms with Crippen molar-refractivity contribution in [1.82, 2.24) is 9.97 Å². The lowest BCUT2D eigenvalue weighted by molar-refractivity contribution is -0.137. The smallest absolute Gasteiger partial charge is 0.265 e. The summed E-state index contributed by atoms with van der Waals surface area (Å²) in [7, 11) is 0. The van der Waals surface area contributed by atoms with Crippen LogP contribution in [0.15, 0.2) is 97.5 Å². The predicted molar refractivity (Wildman–Crippen MR) is 126 cm³/mol. The van der Waals surface area contributed by atoms with Crippen LogP contribution in [-0.4, -0.2) is 9.97 Å². The molecular weight excluding hydrogens is 421 g/mol. The molecule has 0 N–H and O–H groups in total. The number of alkyl halides is 3. The molecule has 5 rings (SSSR count). The van der Waals surface area contributed by atoms with Crippen LogP contribution in [0.5, 0.6) is 0 Å². The van der Waals surface area contributed by atoms with E-state index < -0.39 is 11.7 Å². The molecule has 5 aromatic rings. The molecular formula is C28H19F3N2. The van der Waals surface area contributed by atoms with E-state index in [2.05, 4.69) is 34.2 Å². The van der Waals surface area contributed by atoms with Crippen molar-refractivity contribution in [3.63, 3.8) is 0 Å². The molecule has 2 aromatic heterocycles. The van der Waals surface area contributed by atoms with Gasteiger partial charge in [-0.1, -0.05) is 42.5 Å². The SMILES string of the molecule is Cc1cc(-c2ccc3cc(-c4ccc(-c5ccncc5)cc4)cnc3c2)cc(C(F)(F)F)c1. The van der Waals surface area contributed by atoms with Crippen LogP contribution in [0.1, 0.15) is 11.1 Å². The Morgan fingerprint density at radius 1 is 0.606 bits per heavy atom. The highest BCUT2D eigenvalue weighted by Crippen LogP contribution is 2.34. The van der Waals surface area contributed by atoms with E-state index >= 15 is 0 Å². The molecule has 2 nitrogen and oxygen atoms in total. The maximum atomic E-state index is 13.2. The lowest BCUT2D eigenvalue weighted by Crippen LogP contribution is -2.05. The van der Waals surface area contributed by atoms with Gasteiger partial charge in [0.05, 0.1) is 11.1 Å². The highest BCUT2D eigenvalue weighted by molar-refractivity contribution is 5.87. The number of aryl methyl sites for hydroxylation is 1. The van der Waals surface area contributed by atoms with Gasteiger partial charge in [0.25, 0.3) is 0 Å². The summed E-state index contributed by atoms with van der Waals surface area (Å²) in [5, 5.41) is 0.929. The van der Waals surface area contributed by atoms with Crippen molar-refractivity contribution in [2.45, 2.75) is 13.1 Å².